The normalized spacial score (nSPS) is 16.5. The molecule has 0 radical (unpaired) electrons. The molecule has 29 heavy (non-hydrogen) atoms. The van der Waals surface area contributed by atoms with Crippen LogP contribution in [0.3, 0.4) is 0 Å². The van der Waals surface area contributed by atoms with Gasteiger partial charge in [0.05, 0.1) is 10.6 Å². The van der Waals surface area contributed by atoms with Crippen LogP contribution in [-0.2, 0) is 4.79 Å². The fourth-order valence-electron chi connectivity index (χ4n) is 2.66. The molecule has 4 nitrogen and oxygen atoms in total. The molecule has 0 saturated carbocycles. The van der Waals surface area contributed by atoms with Crippen molar-refractivity contribution >= 4 is 57.8 Å². The quantitative estimate of drug-likeness (QED) is 0.403. The molecule has 2 aromatic rings. The Balaban J connectivity index is 1.96. The third-order valence-electron chi connectivity index (χ3n) is 3.96. The SMILES string of the molecule is C#CCOc1ccc(Cl)cc1/C=C1\SC(=Nc2ccc(Cl)cc2)N(CCC)C1=O. The van der Waals surface area contributed by atoms with Crippen LogP contribution in [0.5, 0.6) is 5.75 Å². The van der Waals surface area contributed by atoms with Gasteiger partial charge in [0.25, 0.3) is 5.91 Å². The van der Waals surface area contributed by atoms with Gasteiger partial charge in [-0.3, -0.25) is 9.69 Å². The van der Waals surface area contributed by atoms with Crippen molar-refractivity contribution in [1.82, 2.24) is 4.90 Å². The summed E-state index contributed by atoms with van der Waals surface area (Å²) in [6.45, 7) is 2.72. The Morgan fingerprint density at radius 2 is 1.93 bits per heavy atom. The lowest BCUT2D eigenvalue weighted by Crippen LogP contribution is -2.29. The maximum Gasteiger partial charge on any atom is 0.266 e. The van der Waals surface area contributed by atoms with Gasteiger partial charge < -0.3 is 4.74 Å². The summed E-state index contributed by atoms with van der Waals surface area (Å²) in [7, 11) is 0. The van der Waals surface area contributed by atoms with Crippen molar-refractivity contribution in [3.05, 3.63) is 63.0 Å². The van der Waals surface area contributed by atoms with Crippen LogP contribution >= 0.6 is 35.0 Å². The van der Waals surface area contributed by atoms with Gasteiger partial charge in [-0.15, -0.1) is 6.42 Å². The highest BCUT2D eigenvalue weighted by Gasteiger charge is 2.33. The Kier molecular flexibility index (Phi) is 7.27. The fourth-order valence-corrected chi connectivity index (χ4v) is 3.98. The molecule has 0 N–H and O–H groups in total. The first-order valence-corrected chi connectivity index (χ1v) is 10.5. The topological polar surface area (TPSA) is 41.9 Å². The molecule has 1 heterocycles. The van der Waals surface area contributed by atoms with Crippen LogP contribution in [-0.4, -0.2) is 29.1 Å². The van der Waals surface area contributed by atoms with Crippen LogP contribution in [0, 0.1) is 12.3 Å². The van der Waals surface area contributed by atoms with Gasteiger partial charge in [-0.1, -0.05) is 36.0 Å². The largest absolute Gasteiger partial charge is 0.480 e. The number of benzene rings is 2. The Hall–Kier alpha value is -2.39. The number of hydrogen-bond acceptors (Lipinski definition) is 4. The number of carbonyl (C=O) groups excluding carboxylic acids is 1. The van der Waals surface area contributed by atoms with Gasteiger partial charge in [0.2, 0.25) is 0 Å². The zero-order chi connectivity index (χ0) is 20.8. The van der Waals surface area contributed by atoms with Gasteiger partial charge >= 0.3 is 0 Å². The molecule has 0 spiro atoms. The number of aliphatic imine (C=N–C) groups is 1. The molecule has 148 valence electrons. The maximum absolute atomic E-state index is 13.0. The van der Waals surface area contributed by atoms with Crippen molar-refractivity contribution in [3.63, 3.8) is 0 Å². The Labute approximate surface area is 184 Å². The summed E-state index contributed by atoms with van der Waals surface area (Å²) in [5, 5.41) is 1.80. The Morgan fingerprint density at radius 3 is 2.62 bits per heavy atom. The number of terminal acetylenes is 1. The zero-order valence-corrected chi connectivity index (χ0v) is 18.0. The summed E-state index contributed by atoms with van der Waals surface area (Å²) in [6.07, 6.45) is 7.86. The summed E-state index contributed by atoms with van der Waals surface area (Å²) < 4.78 is 5.58. The van der Waals surface area contributed by atoms with E-state index in [9.17, 15) is 4.79 Å². The van der Waals surface area contributed by atoms with Crippen molar-refractivity contribution in [3.8, 4) is 18.1 Å². The zero-order valence-electron chi connectivity index (χ0n) is 15.7. The monoisotopic (exact) mass is 444 g/mol. The molecule has 0 bridgehead atoms. The number of rotatable bonds is 6. The van der Waals surface area contributed by atoms with Gasteiger partial charge in [0.15, 0.2) is 5.17 Å². The van der Waals surface area contributed by atoms with E-state index in [-0.39, 0.29) is 12.5 Å². The molecule has 0 aromatic heterocycles. The minimum atomic E-state index is -0.104. The van der Waals surface area contributed by atoms with Crippen LogP contribution in [0.2, 0.25) is 10.0 Å². The molecule has 3 rings (SSSR count). The van der Waals surface area contributed by atoms with E-state index in [1.807, 2.05) is 19.1 Å². The van der Waals surface area contributed by atoms with E-state index >= 15 is 0 Å². The van der Waals surface area contributed by atoms with Gasteiger partial charge in [0.1, 0.15) is 12.4 Å². The van der Waals surface area contributed by atoms with E-state index in [4.69, 9.17) is 34.4 Å². The number of ether oxygens (including phenoxy) is 1. The molecule has 7 heteroatoms. The first-order valence-electron chi connectivity index (χ1n) is 8.93. The van der Waals surface area contributed by atoms with E-state index in [2.05, 4.69) is 10.9 Å². The predicted molar refractivity (Wildman–Crippen MR) is 122 cm³/mol. The molecule has 0 unspecified atom stereocenters. The second-order valence-electron chi connectivity index (χ2n) is 6.11. The van der Waals surface area contributed by atoms with Crippen LogP contribution in [0.1, 0.15) is 18.9 Å². The number of carbonyl (C=O) groups is 1. The summed E-state index contributed by atoms with van der Waals surface area (Å²) in [6, 6.07) is 12.4. The molecule has 1 amide bonds. The second kappa shape index (κ2) is 9.89. The standard InChI is InChI=1S/C22H18Cl2N2O2S/c1-3-11-26-21(27)20(29-22(26)25-18-8-5-16(23)6-9-18)14-15-13-17(24)7-10-19(15)28-12-4-2/h2,5-10,13-14H,3,11-12H2,1H3/b20-14-,25-22?. The predicted octanol–water partition coefficient (Wildman–Crippen LogP) is 6.02. The summed E-state index contributed by atoms with van der Waals surface area (Å²) >= 11 is 13.4. The summed E-state index contributed by atoms with van der Waals surface area (Å²) in [4.78, 5) is 19.8. The highest BCUT2D eigenvalue weighted by molar-refractivity contribution is 8.18. The highest BCUT2D eigenvalue weighted by Crippen LogP contribution is 2.36. The molecule has 1 fully saturated rings. The third-order valence-corrected chi connectivity index (χ3v) is 5.45. The van der Waals surface area contributed by atoms with E-state index < -0.39 is 0 Å². The number of nitrogens with zero attached hydrogens (tertiary/aromatic N) is 2. The molecule has 0 aliphatic carbocycles. The Bertz CT molecular complexity index is 1010. The van der Waals surface area contributed by atoms with Crippen LogP contribution in [0.25, 0.3) is 6.08 Å². The van der Waals surface area contributed by atoms with Crippen LogP contribution in [0.15, 0.2) is 52.4 Å². The average Bonchev–Trinajstić information content (AvgIpc) is 2.98. The van der Waals surface area contributed by atoms with Crippen molar-refractivity contribution in [2.75, 3.05) is 13.2 Å². The lowest BCUT2D eigenvalue weighted by atomic mass is 10.2. The fraction of sp³-hybridized carbons (Fsp3) is 0.182. The van der Waals surface area contributed by atoms with Crippen LogP contribution in [0.4, 0.5) is 5.69 Å². The number of halogens is 2. The summed E-state index contributed by atoms with van der Waals surface area (Å²) in [5.74, 6) is 2.90. The van der Waals surface area contributed by atoms with Crippen LogP contribution < -0.4 is 4.74 Å². The second-order valence-corrected chi connectivity index (χ2v) is 8.00. The van der Waals surface area contributed by atoms with Crippen molar-refractivity contribution in [2.24, 2.45) is 4.99 Å². The van der Waals surface area contributed by atoms with E-state index in [1.54, 1.807) is 41.3 Å². The third kappa shape index (κ3) is 5.36. The number of amidine groups is 1. The minimum absolute atomic E-state index is 0.104. The Morgan fingerprint density at radius 1 is 1.21 bits per heavy atom. The average molecular weight is 445 g/mol. The molecule has 0 atom stereocenters. The molecule has 1 aliphatic rings. The van der Waals surface area contributed by atoms with Crippen molar-refractivity contribution in [1.29, 1.82) is 0 Å². The maximum atomic E-state index is 13.0. The highest BCUT2D eigenvalue weighted by atomic mass is 35.5. The van der Waals surface area contributed by atoms with Gasteiger partial charge in [0, 0.05) is 22.2 Å². The smallest absolute Gasteiger partial charge is 0.266 e. The van der Waals surface area contributed by atoms with E-state index in [0.717, 1.165) is 12.1 Å². The molecule has 2 aromatic carbocycles. The van der Waals surface area contributed by atoms with Crippen molar-refractivity contribution < 1.29 is 9.53 Å². The lowest BCUT2D eigenvalue weighted by Gasteiger charge is -2.14. The van der Waals surface area contributed by atoms with Gasteiger partial charge in [-0.2, -0.15) is 0 Å². The molecular formula is C22H18Cl2N2O2S. The molecule has 1 saturated heterocycles. The van der Waals surface area contributed by atoms with Gasteiger partial charge in [-0.25, -0.2) is 4.99 Å². The van der Waals surface area contributed by atoms with Gasteiger partial charge in [-0.05, 0) is 66.7 Å². The van der Waals surface area contributed by atoms with Crippen molar-refractivity contribution in [2.45, 2.75) is 13.3 Å². The van der Waals surface area contributed by atoms with E-state index in [0.29, 0.717) is 38.0 Å². The van der Waals surface area contributed by atoms with E-state index in [1.165, 1.54) is 11.8 Å². The number of hydrogen-bond donors (Lipinski definition) is 0. The molecule has 1 aliphatic heterocycles. The molecular weight excluding hydrogens is 427 g/mol. The number of thioether (sulfide) groups is 1. The minimum Gasteiger partial charge on any atom is -0.480 e. The number of amides is 1. The summed E-state index contributed by atoms with van der Waals surface area (Å²) in [5.41, 5.74) is 1.42. The lowest BCUT2D eigenvalue weighted by molar-refractivity contribution is -0.122. The first-order chi connectivity index (χ1) is 14.0. The first kappa shape index (κ1) is 21.3.